The van der Waals surface area contributed by atoms with Gasteiger partial charge in [0.2, 0.25) is 5.78 Å². The monoisotopic (exact) mass is 388 g/mol. The zero-order chi connectivity index (χ0) is 18.8. The molecule has 132 valence electrons. The predicted octanol–water partition coefficient (Wildman–Crippen LogP) is 3.06. The van der Waals surface area contributed by atoms with Crippen molar-refractivity contribution in [1.82, 2.24) is 0 Å². The topological polar surface area (TPSA) is 77.5 Å². The number of esters is 1. The molecule has 2 rings (SSSR count). The van der Waals surface area contributed by atoms with E-state index in [4.69, 9.17) is 16.3 Å². The third-order valence-electron chi connectivity index (χ3n) is 3.15. The van der Waals surface area contributed by atoms with Crippen LogP contribution >= 0.6 is 11.6 Å². The number of hydrogen-bond acceptors (Lipinski definition) is 5. The summed E-state index contributed by atoms with van der Waals surface area (Å²) in [6.07, 6.45) is 0.946. The van der Waals surface area contributed by atoms with Crippen LogP contribution in [-0.2, 0) is 14.6 Å². The Kier molecular flexibility index (Phi) is 5.54. The van der Waals surface area contributed by atoms with Crippen molar-refractivity contribution >= 4 is 33.2 Å². The minimum Gasteiger partial charge on any atom is -0.454 e. The van der Waals surface area contributed by atoms with E-state index in [2.05, 4.69) is 0 Å². The van der Waals surface area contributed by atoms with Crippen LogP contribution in [0.3, 0.4) is 0 Å². The average molecular weight is 389 g/mol. The van der Waals surface area contributed by atoms with E-state index < -0.39 is 45.4 Å². The molecule has 25 heavy (non-hydrogen) atoms. The Labute approximate surface area is 147 Å². The maximum absolute atomic E-state index is 13.5. The highest BCUT2D eigenvalue weighted by Gasteiger charge is 2.19. The first-order valence-electron chi connectivity index (χ1n) is 6.74. The van der Waals surface area contributed by atoms with Gasteiger partial charge in [-0.15, -0.1) is 0 Å². The lowest BCUT2D eigenvalue weighted by molar-refractivity contribution is 0.0473. The Balaban J connectivity index is 2.18. The van der Waals surface area contributed by atoms with Crippen molar-refractivity contribution in [2.45, 2.75) is 4.90 Å². The van der Waals surface area contributed by atoms with E-state index in [1.807, 2.05) is 0 Å². The normalized spacial score (nSPS) is 11.2. The second-order valence-corrected chi connectivity index (χ2v) is 7.46. The smallest absolute Gasteiger partial charge is 0.340 e. The van der Waals surface area contributed by atoms with Gasteiger partial charge in [0.05, 0.1) is 21.0 Å². The molecule has 2 aromatic rings. The van der Waals surface area contributed by atoms with Crippen molar-refractivity contribution in [3.8, 4) is 0 Å². The summed E-state index contributed by atoms with van der Waals surface area (Å²) >= 11 is 5.83. The molecule has 0 fully saturated rings. The van der Waals surface area contributed by atoms with E-state index in [1.54, 1.807) is 0 Å². The molecule has 0 unspecified atom stereocenters. The van der Waals surface area contributed by atoms with Crippen LogP contribution in [0.2, 0.25) is 5.02 Å². The van der Waals surface area contributed by atoms with Gasteiger partial charge < -0.3 is 4.74 Å². The highest BCUT2D eigenvalue weighted by atomic mass is 35.5. The van der Waals surface area contributed by atoms with Crippen molar-refractivity contribution in [3.63, 3.8) is 0 Å². The number of benzene rings is 2. The van der Waals surface area contributed by atoms with Gasteiger partial charge in [-0.25, -0.2) is 22.0 Å². The molecule has 0 radical (unpaired) electrons. The molecule has 0 aliphatic carbocycles. The van der Waals surface area contributed by atoms with Crippen LogP contribution in [-0.4, -0.2) is 33.0 Å². The number of Topliss-reactive ketones (excluding diaryl/α,β-unsaturated/α-hetero) is 1. The van der Waals surface area contributed by atoms with E-state index in [0.29, 0.717) is 6.07 Å². The van der Waals surface area contributed by atoms with E-state index >= 15 is 0 Å². The van der Waals surface area contributed by atoms with Crippen LogP contribution in [0.5, 0.6) is 0 Å². The number of carbonyl (C=O) groups excluding carboxylic acids is 2. The molecular weight excluding hydrogens is 378 g/mol. The summed E-state index contributed by atoms with van der Waals surface area (Å²) in [5.41, 5.74) is -0.833. The maximum atomic E-state index is 13.5. The van der Waals surface area contributed by atoms with Gasteiger partial charge in [0.25, 0.3) is 0 Å². The van der Waals surface area contributed by atoms with Crippen molar-refractivity contribution in [2.75, 3.05) is 12.9 Å². The van der Waals surface area contributed by atoms with Gasteiger partial charge in [-0.1, -0.05) is 11.6 Å². The van der Waals surface area contributed by atoms with Crippen LogP contribution in [0.1, 0.15) is 20.7 Å². The largest absolute Gasteiger partial charge is 0.454 e. The molecule has 2 aromatic carbocycles. The number of hydrogen-bond donors (Lipinski definition) is 0. The number of halogens is 3. The summed E-state index contributed by atoms with van der Waals surface area (Å²) in [5.74, 6) is -3.80. The number of ketones is 1. The fourth-order valence-corrected chi connectivity index (χ4v) is 2.73. The Bertz CT molecular complexity index is 957. The van der Waals surface area contributed by atoms with E-state index in [9.17, 15) is 26.8 Å². The van der Waals surface area contributed by atoms with Crippen LogP contribution in [0.15, 0.2) is 41.3 Å². The van der Waals surface area contributed by atoms with Crippen LogP contribution in [0.4, 0.5) is 8.78 Å². The zero-order valence-corrected chi connectivity index (χ0v) is 14.3. The lowest BCUT2D eigenvalue weighted by Crippen LogP contribution is -2.16. The summed E-state index contributed by atoms with van der Waals surface area (Å²) in [5, 5.41) is -0.0817. The summed E-state index contributed by atoms with van der Waals surface area (Å²) < 4.78 is 54.3. The molecule has 0 amide bonds. The second kappa shape index (κ2) is 7.28. The van der Waals surface area contributed by atoms with Gasteiger partial charge in [0, 0.05) is 6.26 Å². The molecule has 0 bridgehead atoms. The Morgan fingerprint density at radius 3 is 2.40 bits per heavy atom. The van der Waals surface area contributed by atoms with E-state index in [-0.39, 0.29) is 15.5 Å². The van der Waals surface area contributed by atoms with E-state index in [1.165, 1.54) is 12.1 Å². The van der Waals surface area contributed by atoms with Gasteiger partial charge in [-0.05, 0) is 36.4 Å². The van der Waals surface area contributed by atoms with E-state index in [0.717, 1.165) is 24.5 Å². The van der Waals surface area contributed by atoms with Gasteiger partial charge in [-0.3, -0.25) is 4.79 Å². The first-order chi connectivity index (χ1) is 11.6. The fraction of sp³-hybridized carbons (Fsp3) is 0.125. The Morgan fingerprint density at radius 1 is 1.08 bits per heavy atom. The zero-order valence-electron chi connectivity index (χ0n) is 12.8. The molecule has 0 aliphatic rings. The number of rotatable bonds is 5. The third-order valence-corrected chi connectivity index (χ3v) is 4.59. The van der Waals surface area contributed by atoms with Crippen molar-refractivity contribution in [1.29, 1.82) is 0 Å². The molecule has 0 saturated heterocycles. The molecule has 0 spiro atoms. The van der Waals surface area contributed by atoms with Gasteiger partial charge in [0.1, 0.15) is 11.6 Å². The molecule has 0 aliphatic heterocycles. The Morgan fingerprint density at radius 2 is 1.76 bits per heavy atom. The molecule has 0 atom stereocenters. The molecule has 9 heteroatoms. The lowest BCUT2D eigenvalue weighted by atomic mass is 10.1. The molecule has 0 aromatic heterocycles. The number of ether oxygens (including phenoxy) is 1. The standard InChI is InChI=1S/C16H11ClF2O5S/c1-25(22,23)10-3-4-13(17)11(7-10)16(21)24-8-15(20)12-6-9(18)2-5-14(12)19/h2-7H,8H2,1H3. The first-order valence-corrected chi connectivity index (χ1v) is 9.01. The van der Waals surface area contributed by atoms with Gasteiger partial charge in [-0.2, -0.15) is 0 Å². The van der Waals surface area contributed by atoms with Crippen molar-refractivity contribution in [2.24, 2.45) is 0 Å². The van der Waals surface area contributed by atoms with Gasteiger partial charge >= 0.3 is 5.97 Å². The molecule has 0 N–H and O–H groups in total. The minimum atomic E-state index is -3.58. The predicted molar refractivity (Wildman–Crippen MR) is 85.5 cm³/mol. The lowest BCUT2D eigenvalue weighted by Gasteiger charge is -2.08. The Hall–Kier alpha value is -2.32. The maximum Gasteiger partial charge on any atom is 0.340 e. The summed E-state index contributed by atoms with van der Waals surface area (Å²) in [7, 11) is -3.58. The molecular formula is C16H11ClF2O5S. The second-order valence-electron chi connectivity index (χ2n) is 5.04. The van der Waals surface area contributed by atoms with Crippen molar-refractivity contribution < 1.29 is 31.5 Å². The minimum absolute atomic E-state index is 0.0817. The fourth-order valence-electron chi connectivity index (χ4n) is 1.89. The number of carbonyl (C=O) groups is 2. The first kappa shape index (κ1) is 19.0. The SMILES string of the molecule is CS(=O)(=O)c1ccc(Cl)c(C(=O)OCC(=O)c2cc(F)ccc2F)c1. The summed E-state index contributed by atoms with van der Waals surface area (Å²) in [4.78, 5) is 23.7. The molecule has 0 heterocycles. The van der Waals surface area contributed by atoms with Crippen LogP contribution in [0.25, 0.3) is 0 Å². The highest BCUT2D eigenvalue weighted by molar-refractivity contribution is 7.90. The number of sulfone groups is 1. The van der Waals surface area contributed by atoms with Crippen LogP contribution < -0.4 is 0 Å². The summed E-state index contributed by atoms with van der Waals surface area (Å²) in [6, 6.07) is 5.71. The van der Waals surface area contributed by atoms with Crippen LogP contribution in [0, 0.1) is 11.6 Å². The summed E-state index contributed by atoms with van der Waals surface area (Å²) in [6.45, 7) is -0.862. The highest BCUT2D eigenvalue weighted by Crippen LogP contribution is 2.21. The molecule has 5 nitrogen and oxygen atoms in total. The molecule has 0 saturated carbocycles. The average Bonchev–Trinajstić information content (AvgIpc) is 2.53. The quantitative estimate of drug-likeness (QED) is 0.581. The van der Waals surface area contributed by atoms with Gasteiger partial charge in [0.15, 0.2) is 16.4 Å². The third kappa shape index (κ3) is 4.61. The van der Waals surface area contributed by atoms with Crippen molar-refractivity contribution in [3.05, 3.63) is 64.2 Å².